The van der Waals surface area contributed by atoms with E-state index in [0.29, 0.717) is 0 Å². The standard InChI is InChI=1S/C6H8.C6H6.C2H5N/c2*1-2-4-6-5-3-1;1-2-3/h1-4H,5-6H2;1-6H;2-3H,1H3. The average molecular weight is 201 g/mol. The fourth-order valence-electron chi connectivity index (χ4n) is 0.927. The maximum Gasteiger partial charge on any atom is -0.00788 e. The minimum Gasteiger partial charge on any atom is -0.313 e. The second kappa shape index (κ2) is 12.4. The van der Waals surface area contributed by atoms with Crippen LogP contribution in [0.4, 0.5) is 0 Å². The molecule has 1 aromatic carbocycles. The van der Waals surface area contributed by atoms with Gasteiger partial charge < -0.3 is 5.41 Å². The van der Waals surface area contributed by atoms with Gasteiger partial charge in [0.25, 0.3) is 0 Å². The molecule has 1 aromatic rings. The Bertz CT molecular complexity index is 234. The van der Waals surface area contributed by atoms with E-state index in [2.05, 4.69) is 24.3 Å². The van der Waals surface area contributed by atoms with Gasteiger partial charge in [0.2, 0.25) is 0 Å². The van der Waals surface area contributed by atoms with Crippen LogP contribution in [0.5, 0.6) is 0 Å². The predicted molar refractivity (Wildman–Crippen MR) is 68.4 cm³/mol. The van der Waals surface area contributed by atoms with Crippen molar-refractivity contribution in [3.63, 3.8) is 0 Å². The van der Waals surface area contributed by atoms with E-state index in [1.807, 2.05) is 36.4 Å². The van der Waals surface area contributed by atoms with Crippen LogP contribution in [0, 0.1) is 5.41 Å². The molecule has 0 aliphatic heterocycles. The molecule has 0 atom stereocenters. The molecule has 0 saturated carbocycles. The van der Waals surface area contributed by atoms with Crippen LogP contribution < -0.4 is 0 Å². The lowest BCUT2D eigenvalue weighted by atomic mass is 10.2. The second-order valence-electron chi connectivity index (χ2n) is 2.88. The maximum absolute atomic E-state index is 6.08. The number of rotatable bonds is 0. The van der Waals surface area contributed by atoms with Gasteiger partial charge in [0, 0.05) is 0 Å². The zero-order chi connectivity index (χ0) is 11.2. The Balaban J connectivity index is 0.000000210. The van der Waals surface area contributed by atoms with Crippen molar-refractivity contribution in [2.45, 2.75) is 19.8 Å². The molecule has 0 bridgehead atoms. The molecule has 0 aromatic heterocycles. The van der Waals surface area contributed by atoms with Crippen LogP contribution >= 0.6 is 0 Å². The number of nitrogens with one attached hydrogen (secondary N) is 1. The van der Waals surface area contributed by atoms with Crippen molar-refractivity contribution in [2.24, 2.45) is 0 Å². The number of hydrogen-bond donors (Lipinski definition) is 1. The zero-order valence-electron chi connectivity index (χ0n) is 9.27. The summed E-state index contributed by atoms with van der Waals surface area (Å²) in [4.78, 5) is 0. The summed E-state index contributed by atoms with van der Waals surface area (Å²) < 4.78 is 0. The molecule has 1 aliphatic rings. The molecule has 1 heteroatoms. The van der Waals surface area contributed by atoms with Crippen LogP contribution in [0.3, 0.4) is 0 Å². The summed E-state index contributed by atoms with van der Waals surface area (Å²) in [7, 11) is 0. The molecule has 2 rings (SSSR count). The lowest BCUT2D eigenvalue weighted by Crippen LogP contribution is -1.67. The van der Waals surface area contributed by atoms with Crippen LogP contribution in [-0.2, 0) is 0 Å². The normalized spacial score (nSPS) is 11.5. The summed E-state index contributed by atoms with van der Waals surface area (Å²) in [5.74, 6) is 0. The van der Waals surface area contributed by atoms with Gasteiger partial charge in [-0.05, 0) is 26.0 Å². The molecule has 1 aliphatic carbocycles. The SMILES string of the molecule is C1=CCCC=C1.CC=N.c1ccccc1. The summed E-state index contributed by atoms with van der Waals surface area (Å²) >= 11 is 0. The van der Waals surface area contributed by atoms with E-state index in [4.69, 9.17) is 5.41 Å². The fraction of sp³-hybridized carbons (Fsp3) is 0.214. The highest BCUT2D eigenvalue weighted by Gasteiger charge is 1.77. The van der Waals surface area contributed by atoms with Crippen molar-refractivity contribution >= 4 is 6.21 Å². The van der Waals surface area contributed by atoms with Gasteiger partial charge in [-0.25, -0.2) is 0 Å². The van der Waals surface area contributed by atoms with Gasteiger partial charge in [-0.2, -0.15) is 0 Å². The van der Waals surface area contributed by atoms with E-state index in [-0.39, 0.29) is 0 Å². The van der Waals surface area contributed by atoms with Crippen molar-refractivity contribution in [1.29, 1.82) is 5.41 Å². The third-order valence-corrected chi connectivity index (χ3v) is 1.55. The first kappa shape index (κ1) is 13.4. The molecule has 1 N–H and O–H groups in total. The number of benzene rings is 1. The Hall–Kier alpha value is -1.63. The Morgan fingerprint density at radius 1 is 0.800 bits per heavy atom. The van der Waals surface area contributed by atoms with Crippen LogP contribution in [0.1, 0.15) is 19.8 Å². The molecule has 1 nitrogen and oxygen atoms in total. The first-order valence-corrected chi connectivity index (χ1v) is 5.18. The van der Waals surface area contributed by atoms with Crippen LogP contribution in [-0.4, -0.2) is 6.21 Å². The van der Waals surface area contributed by atoms with Crippen molar-refractivity contribution < 1.29 is 0 Å². The van der Waals surface area contributed by atoms with Gasteiger partial charge in [-0.1, -0.05) is 60.7 Å². The number of hydrogen-bond acceptors (Lipinski definition) is 1. The molecule has 0 spiro atoms. The third-order valence-electron chi connectivity index (χ3n) is 1.55. The topological polar surface area (TPSA) is 23.9 Å². The maximum atomic E-state index is 6.08. The molecule has 15 heavy (non-hydrogen) atoms. The third kappa shape index (κ3) is 12.4. The van der Waals surface area contributed by atoms with Crippen LogP contribution in [0.15, 0.2) is 60.7 Å². The predicted octanol–water partition coefficient (Wildman–Crippen LogP) is 4.24. The Morgan fingerprint density at radius 3 is 1.20 bits per heavy atom. The summed E-state index contributed by atoms with van der Waals surface area (Å²) in [5, 5.41) is 6.08. The highest BCUT2D eigenvalue weighted by Crippen LogP contribution is 1.98. The lowest BCUT2D eigenvalue weighted by molar-refractivity contribution is 1.04. The van der Waals surface area contributed by atoms with Crippen molar-refractivity contribution in [2.75, 3.05) is 0 Å². The van der Waals surface area contributed by atoms with Gasteiger partial charge in [0.05, 0.1) is 0 Å². The van der Waals surface area contributed by atoms with Gasteiger partial charge in [0.1, 0.15) is 0 Å². The average Bonchev–Trinajstić information content (AvgIpc) is 2.35. The summed E-state index contributed by atoms with van der Waals surface area (Å²) in [6.45, 7) is 1.67. The molecule has 0 amide bonds. The summed E-state index contributed by atoms with van der Waals surface area (Å²) in [6.07, 6.45) is 12.2. The highest BCUT2D eigenvalue weighted by atomic mass is 14.3. The molecule has 0 radical (unpaired) electrons. The minimum absolute atomic E-state index is 1.23. The molecule has 0 saturated heterocycles. The number of allylic oxidation sites excluding steroid dienone is 4. The van der Waals surface area contributed by atoms with Gasteiger partial charge in [-0.15, -0.1) is 0 Å². The van der Waals surface area contributed by atoms with Crippen LogP contribution in [0.2, 0.25) is 0 Å². The summed E-state index contributed by atoms with van der Waals surface area (Å²) in [5.41, 5.74) is 0. The van der Waals surface area contributed by atoms with E-state index >= 15 is 0 Å². The van der Waals surface area contributed by atoms with Crippen LogP contribution in [0.25, 0.3) is 0 Å². The highest BCUT2D eigenvalue weighted by molar-refractivity contribution is 5.48. The first-order valence-electron chi connectivity index (χ1n) is 5.18. The minimum atomic E-state index is 1.23. The van der Waals surface area contributed by atoms with Crippen molar-refractivity contribution in [3.8, 4) is 0 Å². The molecule has 0 fully saturated rings. The smallest absolute Gasteiger partial charge is 0.00788 e. The fourth-order valence-corrected chi connectivity index (χ4v) is 0.927. The Morgan fingerprint density at radius 2 is 1.07 bits per heavy atom. The zero-order valence-corrected chi connectivity index (χ0v) is 9.27. The molecule has 0 heterocycles. The van der Waals surface area contributed by atoms with E-state index < -0.39 is 0 Å². The molecular formula is C14H19N. The summed E-state index contributed by atoms with van der Waals surface area (Å²) in [6, 6.07) is 12.0. The Kier molecular flexibility index (Phi) is 11.0. The van der Waals surface area contributed by atoms with Gasteiger partial charge >= 0.3 is 0 Å². The van der Waals surface area contributed by atoms with Gasteiger partial charge in [-0.3, -0.25) is 0 Å². The van der Waals surface area contributed by atoms with Crippen molar-refractivity contribution in [3.05, 3.63) is 60.7 Å². The van der Waals surface area contributed by atoms with E-state index in [0.717, 1.165) is 0 Å². The molecular weight excluding hydrogens is 182 g/mol. The molecule has 80 valence electrons. The Labute approximate surface area is 92.7 Å². The monoisotopic (exact) mass is 201 g/mol. The van der Waals surface area contributed by atoms with Crippen molar-refractivity contribution in [1.82, 2.24) is 0 Å². The van der Waals surface area contributed by atoms with E-state index in [1.54, 1.807) is 6.92 Å². The molecule has 0 unspecified atom stereocenters. The van der Waals surface area contributed by atoms with Gasteiger partial charge in [0.15, 0.2) is 0 Å². The van der Waals surface area contributed by atoms with E-state index in [1.165, 1.54) is 19.1 Å². The quantitative estimate of drug-likeness (QED) is 0.607. The largest absolute Gasteiger partial charge is 0.313 e. The lowest BCUT2D eigenvalue weighted by Gasteiger charge is -1.88. The van der Waals surface area contributed by atoms with E-state index in [9.17, 15) is 0 Å². The second-order valence-corrected chi connectivity index (χ2v) is 2.88. The first-order chi connectivity index (χ1) is 7.41.